The van der Waals surface area contributed by atoms with E-state index >= 15 is 0 Å². The Morgan fingerprint density at radius 1 is 1.33 bits per heavy atom. The first-order valence-corrected chi connectivity index (χ1v) is 7.06. The molecule has 0 aliphatic rings. The molecule has 15 heavy (non-hydrogen) atoms. The minimum Gasteiger partial charge on any atom is -0.377 e. The zero-order valence-corrected chi connectivity index (χ0v) is 10.7. The van der Waals surface area contributed by atoms with E-state index in [4.69, 9.17) is 19.0 Å². The highest BCUT2D eigenvalue weighted by atomic mass is 28.4. The number of hydrogen-bond donors (Lipinski definition) is 1. The summed E-state index contributed by atoms with van der Waals surface area (Å²) in [6.45, 7) is 2.64. The Morgan fingerprint density at radius 3 is 2.33 bits per heavy atom. The quantitative estimate of drug-likeness (QED) is 0.603. The third-order valence-corrected chi connectivity index (χ3v) is 4.91. The van der Waals surface area contributed by atoms with Crippen LogP contribution in [0.25, 0.3) is 0 Å². The third kappa shape index (κ3) is 5.88. The molecule has 0 rings (SSSR count). The van der Waals surface area contributed by atoms with Crippen LogP contribution in [-0.4, -0.2) is 35.5 Å². The first-order chi connectivity index (χ1) is 7.10. The van der Waals surface area contributed by atoms with Crippen LogP contribution >= 0.6 is 0 Å². The smallest absolute Gasteiger partial charge is 0.377 e. The fraction of sp³-hybridized carbons (Fsp3) is 0.889. The van der Waals surface area contributed by atoms with E-state index in [-0.39, 0.29) is 5.91 Å². The van der Waals surface area contributed by atoms with E-state index in [2.05, 4.69) is 0 Å². The second-order valence-corrected chi connectivity index (χ2v) is 6.23. The fourth-order valence-corrected chi connectivity index (χ4v) is 3.29. The molecule has 90 valence electrons. The lowest BCUT2D eigenvalue weighted by molar-refractivity contribution is -0.118. The Balaban J connectivity index is 4.04. The van der Waals surface area contributed by atoms with Gasteiger partial charge >= 0.3 is 8.80 Å². The minimum absolute atomic E-state index is 0.305. The lowest BCUT2D eigenvalue weighted by Crippen LogP contribution is -2.44. The van der Waals surface area contributed by atoms with Crippen molar-refractivity contribution in [3.05, 3.63) is 0 Å². The number of nitrogens with two attached hydrogens (primary N) is 1. The molecule has 5 nitrogen and oxygen atoms in total. The van der Waals surface area contributed by atoms with Crippen LogP contribution in [0, 0.1) is 0 Å². The summed E-state index contributed by atoms with van der Waals surface area (Å²) < 4.78 is 16.2. The van der Waals surface area contributed by atoms with Gasteiger partial charge in [0.1, 0.15) is 0 Å². The van der Waals surface area contributed by atoms with Crippen molar-refractivity contribution in [2.75, 3.05) is 20.8 Å². The predicted octanol–water partition coefficient (Wildman–Crippen LogP) is 0.910. The molecule has 2 N–H and O–H groups in total. The molecule has 0 saturated carbocycles. The van der Waals surface area contributed by atoms with E-state index in [1.165, 1.54) is 0 Å². The molecule has 6 heteroatoms. The van der Waals surface area contributed by atoms with E-state index in [0.717, 1.165) is 6.42 Å². The van der Waals surface area contributed by atoms with Gasteiger partial charge in [-0.3, -0.25) is 4.79 Å². The molecule has 0 saturated heterocycles. The maximum atomic E-state index is 10.6. The van der Waals surface area contributed by atoms with Crippen LogP contribution in [0.5, 0.6) is 0 Å². The summed E-state index contributed by atoms with van der Waals surface area (Å²) >= 11 is 0. The van der Waals surface area contributed by atoms with Crippen LogP contribution in [0.4, 0.5) is 0 Å². The van der Waals surface area contributed by atoms with Gasteiger partial charge in [0.2, 0.25) is 5.91 Å². The second kappa shape index (κ2) is 7.81. The van der Waals surface area contributed by atoms with Crippen LogP contribution < -0.4 is 5.73 Å². The van der Waals surface area contributed by atoms with Gasteiger partial charge in [-0.25, -0.2) is 0 Å². The Labute approximate surface area is 92.3 Å². The van der Waals surface area contributed by atoms with Crippen molar-refractivity contribution in [2.45, 2.75) is 32.2 Å². The van der Waals surface area contributed by atoms with Crippen molar-refractivity contribution < 1.29 is 18.1 Å². The predicted molar refractivity (Wildman–Crippen MR) is 59.3 cm³/mol. The van der Waals surface area contributed by atoms with Gasteiger partial charge in [-0.1, -0.05) is 6.92 Å². The van der Waals surface area contributed by atoms with E-state index in [1.807, 2.05) is 6.92 Å². The van der Waals surface area contributed by atoms with Gasteiger partial charge in [0.15, 0.2) is 0 Å². The molecular weight excluding hydrogens is 214 g/mol. The van der Waals surface area contributed by atoms with Gasteiger partial charge < -0.3 is 19.0 Å². The molecule has 0 heterocycles. The van der Waals surface area contributed by atoms with E-state index < -0.39 is 8.80 Å². The maximum absolute atomic E-state index is 10.6. The van der Waals surface area contributed by atoms with Crippen molar-refractivity contribution in [3.8, 4) is 0 Å². The molecule has 0 aromatic heterocycles. The number of rotatable bonds is 9. The third-order valence-electron chi connectivity index (χ3n) is 2.05. The van der Waals surface area contributed by atoms with Gasteiger partial charge in [-0.2, -0.15) is 0 Å². The van der Waals surface area contributed by atoms with Crippen LogP contribution in [0.1, 0.15) is 26.2 Å². The molecule has 0 bridgehead atoms. The van der Waals surface area contributed by atoms with E-state index in [1.54, 1.807) is 14.2 Å². The highest BCUT2D eigenvalue weighted by molar-refractivity contribution is 6.60. The monoisotopic (exact) mass is 235 g/mol. The minimum atomic E-state index is -2.54. The van der Waals surface area contributed by atoms with Crippen LogP contribution in [-0.2, 0) is 18.1 Å². The molecule has 0 unspecified atom stereocenters. The highest BCUT2D eigenvalue weighted by Crippen LogP contribution is 2.17. The van der Waals surface area contributed by atoms with Gasteiger partial charge in [0, 0.05) is 33.3 Å². The Kier molecular flexibility index (Phi) is 7.58. The number of primary amides is 1. The van der Waals surface area contributed by atoms with Crippen LogP contribution in [0.2, 0.25) is 6.04 Å². The summed E-state index contributed by atoms with van der Waals surface area (Å²) in [7, 11) is 0.619. The summed E-state index contributed by atoms with van der Waals surface area (Å²) in [5.74, 6) is -0.305. The van der Waals surface area contributed by atoms with Crippen molar-refractivity contribution >= 4 is 14.7 Å². The Hall–Kier alpha value is -0.433. The Morgan fingerprint density at radius 2 is 1.93 bits per heavy atom. The van der Waals surface area contributed by atoms with Gasteiger partial charge in [0.25, 0.3) is 0 Å². The summed E-state index contributed by atoms with van der Waals surface area (Å²) in [4.78, 5) is 10.6. The first-order valence-electron chi connectivity index (χ1n) is 5.12. The largest absolute Gasteiger partial charge is 0.500 e. The first kappa shape index (κ1) is 14.6. The molecule has 1 amide bonds. The van der Waals surface area contributed by atoms with Crippen molar-refractivity contribution in [3.63, 3.8) is 0 Å². The number of hydrogen-bond acceptors (Lipinski definition) is 4. The fourth-order valence-electron chi connectivity index (χ4n) is 1.21. The summed E-state index contributed by atoms with van der Waals surface area (Å²) in [6.07, 6.45) is 1.90. The second-order valence-electron chi connectivity index (χ2n) is 3.26. The standard InChI is InChI=1S/C9H21NO4Si/c1-4-7-14-15(12-2,13-3)8-5-6-9(10)11/h4-8H2,1-3H3,(H2,10,11). The summed E-state index contributed by atoms with van der Waals surface area (Å²) in [5, 5.41) is 0. The average Bonchev–Trinajstić information content (AvgIpc) is 2.23. The highest BCUT2D eigenvalue weighted by Gasteiger charge is 2.38. The normalized spacial score (nSPS) is 11.7. The van der Waals surface area contributed by atoms with Gasteiger partial charge in [-0.05, 0) is 12.8 Å². The molecule has 0 aliphatic carbocycles. The SMILES string of the molecule is CCCO[Si](CCCC(N)=O)(OC)OC. The molecule has 0 aliphatic heterocycles. The van der Waals surface area contributed by atoms with Crippen molar-refractivity contribution in [2.24, 2.45) is 5.73 Å². The Bertz CT molecular complexity index is 185. The number of amides is 1. The van der Waals surface area contributed by atoms with Gasteiger partial charge in [-0.15, -0.1) is 0 Å². The number of carbonyl (C=O) groups excluding carboxylic acids is 1. The van der Waals surface area contributed by atoms with Crippen LogP contribution in [0.15, 0.2) is 0 Å². The maximum Gasteiger partial charge on any atom is 0.500 e. The molecule has 0 fully saturated rings. The van der Waals surface area contributed by atoms with E-state index in [9.17, 15) is 4.79 Å². The molecule has 0 atom stereocenters. The summed E-state index contributed by atoms with van der Waals surface area (Å²) in [6, 6.07) is 0.628. The molecule has 0 aromatic carbocycles. The topological polar surface area (TPSA) is 70.8 Å². The van der Waals surface area contributed by atoms with E-state index in [0.29, 0.717) is 25.5 Å². The van der Waals surface area contributed by atoms with Crippen molar-refractivity contribution in [1.29, 1.82) is 0 Å². The molecule has 0 radical (unpaired) electrons. The molecule has 0 aromatic rings. The van der Waals surface area contributed by atoms with Gasteiger partial charge in [0.05, 0.1) is 0 Å². The zero-order valence-electron chi connectivity index (χ0n) is 9.75. The molecule has 0 spiro atoms. The molecular formula is C9H21NO4Si. The number of carbonyl (C=O) groups is 1. The van der Waals surface area contributed by atoms with Crippen molar-refractivity contribution in [1.82, 2.24) is 0 Å². The zero-order chi connectivity index (χ0) is 11.7. The average molecular weight is 235 g/mol. The lowest BCUT2D eigenvalue weighted by atomic mass is 10.3. The van der Waals surface area contributed by atoms with Crippen LogP contribution in [0.3, 0.4) is 0 Å². The summed E-state index contributed by atoms with van der Waals surface area (Å²) in [5.41, 5.74) is 5.06. The lowest BCUT2D eigenvalue weighted by Gasteiger charge is -2.26.